The summed E-state index contributed by atoms with van der Waals surface area (Å²) in [5.41, 5.74) is 8.24. The van der Waals surface area contributed by atoms with Crippen LogP contribution in [0.2, 0.25) is 0 Å². The summed E-state index contributed by atoms with van der Waals surface area (Å²) in [5, 5.41) is 0. The van der Waals surface area contributed by atoms with Gasteiger partial charge in [0.1, 0.15) is 4.99 Å². The first-order valence-electron chi connectivity index (χ1n) is 7.39. The molecule has 0 aromatic heterocycles. The molecule has 0 bridgehead atoms. The zero-order valence-corrected chi connectivity index (χ0v) is 14.0. The fraction of sp³-hybridized carbons (Fsp3) is 0.562. The smallest absolute Gasteiger partial charge is 0.107 e. The second kappa shape index (κ2) is 7.32. The van der Waals surface area contributed by atoms with Crippen molar-refractivity contribution in [1.82, 2.24) is 0 Å². The van der Waals surface area contributed by atoms with Crippen molar-refractivity contribution in [2.45, 2.75) is 37.5 Å². The van der Waals surface area contributed by atoms with Crippen molar-refractivity contribution in [3.63, 3.8) is 0 Å². The molecule has 2 N–H and O–H groups in total. The maximum atomic E-state index is 5.96. The monoisotopic (exact) mass is 308 g/mol. The molecule has 20 heavy (non-hydrogen) atoms. The Balaban J connectivity index is 2.19. The number of thioether (sulfide) groups is 1. The number of nitrogens with zero attached hydrogens (tertiary/aromatic N) is 1. The Morgan fingerprint density at radius 2 is 2.10 bits per heavy atom. The van der Waals surface area contributed by atoms with Crippen LogP contribution in [0.3, 0.4) is 0 Å². The first-order valence-corrected chi connectivity index (χ1v) is 9.02. The van der Waals surface area contributed by atoms with Crippen molar-refractivity contribution in [1.29, 1.82) is 0 Å². The Hall–Kier alpha value is -0.740. The minimum Gasteiger partial charge on any atom is -0.389 e. The van der Waals surface area contributed by atoms with Crippen LogP contribution in [-0.4, -0.2) is 24.3 Å². The minimum absolute atomic E-state index is 0.514. The molecule has 0 spiro atoms. The van der Waals surface area contributed by atoms with E-state index in [0.717, 1.165) is 24.6 Å². The molecule has 0 amide bonds. The maximum absolute atomic E-state index is 5.96. The van der Waals surface area contributed by atoms with Gasteiger partial charge in [-0.2, -0.15) is 0 Å². The van der Waals surface area contributed by atoms with E-state index in [2.05, 4.69) is 36.3 Å². The van der Waals surface area contributed by atoms with Crippen molar-refractivity contribution in [2.24, 2.45) is 11.7 Å². The molecule has 1 saturated heterocycles. The Bertz CT molecular complexity index is 466. The van der Waals surface area contributed by atoms with Crippen LogP contribution in [0.4, 0.5) is 5.69 Å². The van der Waals surface area contributed by atoms with E-state index in [1.165, 1.54) is 36.3 Å². The van der Waals surface area contributed by atoms with E-state index in [4.69, 9.17) is 18.0 Å². The van der Waals surface area contributed by atoms with Gasteiger partial charge in [-0.1, -0.05) is 38.0 Å². The van der Waals surface area contributed by atoms with Gasteiger partial charge < -0.3 is 10.6 Å². The van der Waals surface area contributed by atoms with Crippen LogP contribution in [0.15, 0.2) is 23.1 Å². The highest BCUT2D eigenvalue weighted by molar-refractivity contribution is 7.98. The van der Waals surface area contributed by atoms with Crippen LogP contribution >= 0.6 is 24.0 Å². The normalized spacial score (nSPS) is 16.4. The molecule has 1 aromatic carbocycles. The van der Waals surface area contributed by atoms with E-state index in [-0.39, 0.29) is 0 Å². The molecule has 1 aliphatic heterocycles. The number of thiocarbonyl (C=S) groups is 1. The average molecular weight is 309 g/mol. The van der Waals surface area contributed by atoms with Crippen LogP contribution in [0.1, 0.15) is 38.2 Å². The third-order valence-corrected chi connectivity index (χ3v) is 5.11. The molecule has 1 heterocycles. The highest BCUT2D eigenvalue weighted by atomic mass is 32.2. The molecule has 1 fully saturated rings. The summed E-state index contributed by atoms with van der Waals surface area (Å²) in [6, 6.07) is 6.38. The lowest BCUT2D eigenvalue weighted by Gasteiger charge is -2.35. The van der Waals surface area contributed by atoms with Crippen molar-refractivity contribution in [3.8, 4) is 0 Å². The van der Waals surface area contributed by atoms with Crippen LogP contribution in [0.5, 0.6) is 0 Å². The molecule has 1 aromatic rings. The summed E-state index contributed by atoms with van der Waals surface area (Å²) in [4.78, 5) is 4.16. The van der Waals surface area contributed by atoms with E-state index < -0.39 is 0 Å². The molecule has 4 heteroatoms. The lowest BCUT2D eigenvalue weighted by molar-refractivity contribution is 0.378. The fourth-order valence-corrected chi connectivity index (χ4v) is 3.98. The molecule has 0 unspecified atom stereocenters. The van der Waals surface area contributed by atoms with Crippen LogP contribution in [0.25, 0.3) is 0 Å². The molecule has 0 radical (unpaired) electrons. The summed E-state index contributed by atoms with van der Waals surface area (Å²) >= 11 is 6.99. The lowest BCUT2D eigenvalue weighted by atomic mass is 9.92. The maximum Gasteiger partial charge on any atom is 0.107 e. The van der Waals surface area contributed by atoms with Crippen molar-refractivity contribution < 1.29 is 0 Å². The van der Waals surface area contributed by atoms with Gasteiger partial charge in [0, 0.05) is 29.2 Å². The molecule has 2 nitrogen and oxygen atoms in total. The summed E-state index contributed by atoms with van der Waals surface area (Å²) in [7, 11) is 0. The molecule has 0 atom stereocenters. The average Bonchev–Trinajstić information content (AvgIpc) is 2.47. The molecule has 110 valence electrons. The van der Waals surface area contributed by atoms with Gasteiger partial charge in [-0.25, -0.2) is 0 Å². The molecular formula is C16H24N2S2. The van der Waals surface area contributed by atoms with E-state index in [9.17, 15) is 0 Å². The number of hydrogen-bond acceptors (Lipinski definition) is 3. The number of nitrogens with two attached hydrogens (primary N) is 1. The Labute approximate surface area is 132 Å². The van der Waals surface area contributed by atoms with Crippen LogP contribution in [0, 0.1) is 5.92 Å². The summed E-state index contributed by atoms with van der Waals surface area (Å²) in [6.07, 6.45) is 7.31. The standard InChI is InChI=1S/C16H24N2S2/c1-3-5-12-8-10-18(11-9-12)13-6-4-7-14(20-2)15(13)16(17)19/h4,6-7,12H,3,5,8-11H2,1-2H3,(H2,17,19). The molecule has 1 aliphatic rings. The van der Waals surface area contributed by atoms with Gasteiger partial charge in [-0.05, 0) is 37.1 Å². The zero-order chi connectivity index (χ0) is 14.5. The Kier molecular flexibility index (Phi) is 5.73. The Morgan fingerprint density at radius 3 is 2.65 bits per heavy atom. The molecule has 0 saturated carbocycles. The van der Waals surface area contributed by atoms with Gasteiger partial charge in [0.2, 0.25) is 0 Å². The van der Waals surface area contributed by atoms with Crippen molar-refractivity contribution >= 4 is 34.7 Å². The fourth-order valence-electron chi connectivity index (χ4n) is 3.07. The quantitative estimate of drug-likeness (QED) is 0.656. The third kappa shape index (κ3) is 3.47. The first kappa shape index (κ1) is 15.6. The predicted molar refractivity (Wildman–Crippen MR) is 94.0 cm³/mol. The highest BCUT2D eigenvalue weighted by Gasteiger charge is 2.22. The first-order chi connectivity index (χ1) is 9.67. The van der Waals surface area contributed by atoms with E-state index >= 15 is 0 Å². The molecule has 0 aliphatic carbocycles. The van der Waals surface area contributed by atoms with E-state index in [1.54, 1.807) is 11.8 Å². The topological polar surface area (TPSA) is 29.3 Å². The highest BCUT2D eigenvalue weighted by Crippen LogP contribution is 2.33. The molecule has 2 rings (SSSR count). The SMILES string of the molecule is CCCC1CCN(c2cccc(SC)c2C(N)=S)CC1. The number of anilines is 1. The largest absolute Gasteiger partial charge is 0.389 e. The van der Waals surface area contributed by atoms with Gasteiger partial charge in [0.25, 0.3) is 0 Å². The van der Waals surface area contributed by atoms with Crippen molar-refractivity contribution in [2.75, 3.05) is 24.2 Å². The number of hydrogen-bond donors (Lipinski definition) is 1. The number of piperidine rings is 1. The predicted octanol–water partition coefficient (Wildman–Crippen LogP) is 4.06. The van der Waals surface area contributed by atoms with Gasteiger partial charge in [-0.15, -0.1) is 11.8 Å². The summed E-state index contributed by atoms with van der Waals surface area (Å²) in [6.45, 7) is 4.52. The van der Waals surface area contributed by atoms with Gasteiger partial charge in [0.15, 0.2) is 0 Å². The Morgan fingerprint density at radius 1 is 1.40 bits per heavy atom. The third-order valence-electron chi connectivity index (χ3n) is 4.12. The minimum atomic E-state index is 0.514. The van der Waals surface area contributed by atoms with Gasteiger partial charge in [0.05, 0.1) is 0 Å². The van der Waals surface area contributed by atoms with E-state index in [1.807, 2.05) is 0 Å². The lowest BCUT2D eigenvalue weighted by Crippen LogP contribution is -2.35. The van der Waals surface area contributed by atoms with Gasteiger partial charge in [-0.3, -0.25) is 0 Å². The van der Waals surface area contributed by atoms with E-state index in [0.29, 0.717) is 4.99 Å². The summed E-state index contributed by atoms with van der Waals surface area (Å²) in [5.74, 6) is 0.897. The second-order valence-corrected chi connectivity index (χ2v) is 6.73. The molecular weight excluding hydrogens is 284 g/mol. The number of benzene rings is 1. The number of rotatable bonds is 5. The van der Waals surface area contributed by atoms with Crippen molar-refractivity contribution in [3.05, 3.63) is 23.8 Å². The van der Waals surface area contributed by atoms with Crippen LogP contribution < -0.4 is 10.6 Å². The second-order valence-electron chi connectivity index (χ2n) is 5.44. The van der Waals surface area contributed by atoms with Crippen LogP contribution in [-0.2, 0) is 0 Å². The van der Waals surface area contributed by atoms with Gasteiger partial charge >= 0.3 is 0 Å². The zero-order valence-electron chi connectivity index (χ0n) is 12.4. The summed E-state index contributed by atoms with van der Waals surface area (Å²) < 4.78 is 0.